The van der Waals surface area contributed by atoms with E-state index in [1.807, 2.05) is 6.08 Å². The second-order valence-corrected chi connectivity index (χ2v) is 9.17. The fourth-order valence-electron chi connectivity index (χ4n) is 6.39. The van der Waals surface area contributed by atoms with E-state index in [9.17, 15) is 15.0 Å². The van der Waals surface area contributed by atoms with E-state index >= 15 is 0 Å². The lowest BCUT2D eigenvalue weighted by Crippen LogP contribution is -2.54. The summed E-state index contributed by atoms with van der Waals surface area (Å²) in [6.07, 6.45) is 14.2. The summed E-state index contributed by atoms with van der Waals surface area (Å²) in [5.74, 6) is 1.02. The molecule has 2 saturated carbocycles. The minimum atomic E-state index is -0.948. The summed E-state index contributed by atoms with van der Waals surface area (Å²) in [4.78, 5) is 11.3. The van der Waals surface area contributed by atoms with E-state index in [0.29, 0.717) is 24.2 Å². The molecule has 4 aliphatic carbocycles. The van der Waals surface area contributed by atoms with Crippen molar-refractivity contribution in [1.29, 1.82) is 0 Å². The maximum Gasteiger partial charge on any atom is 0.303 e. The van der Waals surface area contributed by atoms with Crippen molar-refractivity contribution in [3.05, 3.63) is 36.0 Å². The number of aliphatic hydroxyl groups is 2. The zero-order chi connectivity index (χ0) is 18.7. The number of aliphatic hydroxyl groups excluding tert-OH is 1. The predicted octanol–water partition coefficient (Wildman–Crippen LogP) is 3.16. The van der Waals surface area contributed by atoms with Crippen molar-refractivity contribution in [1.82, 2.24) is 0 Å². The summed E-state index contributed by atoms with van der Waals surface area (Å²) in [7, 11) is 0. The predicted molar refractivity (Wildman–Crippen MR) is 99.1 cm³/mol. The topological polar surface area (TPSA) is 66.8 Å². The quantitative estimate of drug-likeness (QED) is 0.588. The van der Waals surface area contributed by atoms with E-state index < -0.39 is 5.60 Å². The molecule has 4 heteroatoms. The Hall–Kier alpha value is -1.39. The fourth-order valence-corrected chi connectivity index (χ4v) is 6.39. The van der Waals surface area contributed by atoms with Crippen molar-refractivity contribution in [2.75, 3.05) is 6.61 Å². The molecule has 0 aromatic carbocycles. The first-order valence-corrected chi connectivity index (χ1v) is 9.84. The van der Waals surface area contributed by atoms with Gasteiger partial charge in [-0.15, -0.1) is 0 Å². The van der Waals surface area contributed by atoms with Crippen LogP contribution < -0.4 is 0 Å². The van der Waals surface area contributed by atoms with Crippen LogP contribution in [0.15, 0.2) is 36.0 Å². The Morgan fingerprint density at radius 2 is 1.96 bits per heavy atom. The summed E-state index contributed by atoms with van der Waals surface area (Å²) < 4.78 is 5.35. The van der Waals surface area contributed by atoms with Crippen molar-refractivity contribution in [3.8, 4) is 0 Å². The van der Waals surface area contributed by atoms with Crippen molar-refractivity contribution in [3.63, 3.8) is 0 Å². The molecule has 2 N–H and O–H groups in total. The normalized spacial score (nSPS) is 49.0. The van der Waals surface area contributed by atoms with E-state index in [1.165, 1.54) is 12.5 Å². The Bertz CT molecular complexity index is 707. The fraction of sp³-hybridized carbons (Fsp3) is 0.682. The molecule has 26 heavy (non-hydrogen) atoms. The Morgan fingerprint density at radius 1 is 1.23 bits per heavy atom. The Labute approximate surface area is 155 Å². The summed E-state index contributed by atoms with van der Waals surface area (Å²) in [6, 6.07) is 0. The molecule has 4 nitrogen and oxygen atoms in total. The van der Waals surface area contributed by atoms with Crippen LogP contribution in [0, 0.1) is 28.6 Å². The Kier molecular flexibility index (Phi) is 4.02. The SMILES string of the molecule is CC(=O)OC1C=C[C@@]2(C)C(=C1)C=C[C@@H]1[C@@H]2CC[C@@]2(C)[C@H]1CC[C@@]2(O)CO. The molecule has 4 rings (SSSR count). The van der Waals surface area contributed by atoms with E-state index in [2.05, 4.69) is 38.2 Å². The highest BCUT2D eigenvalue weighted by molar-refractivity contribution is 5.66. The van der Waals surface area contributed by atoms with Gasteiger partial charge in [0.05, 0.1) is 12.2 Å². The molecular formula is C22H30O4. The number of rotatable bonds is 2. The molecule has 0 heterocycles. The lowest BCUT2D eigenvalue weighted by molar-refractivity contribution is -0.142. The smallest absolute Gasteiger partial charge is 0.303 e. The molecule has 0 spiro atoms. The summed E-state index contributed by atoms with van der Waals surface area (Å²) in [5.41, 5.74) is 0.00319. The first-order valence-electron chi connectivity index (χ1n) is 9.84. The summed E-state index contributed by atoms with van der Waals surface area (Å²) in [6.45, 7) is 5.76. The minimum Gasteiger partial charge on any atom is -0.454 e. The molecule has 0 bridgehead atoms. The number of esters is 1. The van der Waals surface area contributed by atoms with Gasteiger partial charge in [0, 0.05) is 17.8 Å². The third-order valence-electron chi connectivity index (χ3n) is 8.08. The van der Waals surface area contributed by atoms with Crippen LogP contribution in [0.5, 0.6) is 0 Å². The first-order chi connectivity index (χ1) is 12.2. The molecule has 4 aliphatic rings. The van der Waals surface area contributed by atoms with Gasteiger partial charge in [0.25, 0.3) is 0 Å². The van der Waals surface area contributed by atoms with Crippen LogP contribution in [0.1, 0.15) is 46.5 Å². The molecule has 1 unspecified atom stereocenters. The average molecular weight is 358 g/mol. The molecule has 0 aromatic rings. The molecule has 7 atom stereocenters. The standard InChI is InChI=1S/C22H30O4/c1-14(24)26-16-6-9-20(2)15(12-16)4-5-17-18(20)7-10-21(3)19(17)8-11-22(21,25)13-23/h4-6,9,12,16-19,23,25H,7-8,10-11,13H2,1-3H3/t16?,17-,18+,19+,20+,21+,22-/m1/s1. The van der Waals surface area contributed by atoms with E-state index in [-0.39, 0.29) is 29.5 Å². The van der Waals surface area contributed by atoms with Crippen molar-refractivity contribution < 1.29 is 19.7 Å². The van der Waals surface area contributed by atoms with Gasteiger partial charge in [-0.25, -0.2) is 0 Å². The first kappa shape index (κ1) is 18.0. The second-order valence-electron chi connectivity index (χ2n) is 9.17. The molecular weight excluding hydrogens is 328 g/mol. The maximum absolute atomic E-state index is 11.3. The van der Waals surface area contributed by atoms with Gasteiger partial charge in [-0.3, -0.25) is 4.79 Å². The van der Waals surface area contributed by atoms with Gasteiger partial charge in [0.15, 0.2) is 0 Å². The Morgan fingerprint density at radius 3 is 2.65 bits per heavy atom. The lowest BCUT2D eigenvalue weighted by Gasteiger charge is -2.56. The van der Waals surface area contributed by atoms with E-state index in [4.69, 9.17) is 4.74 Å². The van der Waals surface area contributed by atoms with Crippen LogP contribution in [0.4, 0.5) is 0 Å². The van der Waals surface area contributed by atoms with Crippen molar-refractivity contribution in [2.45, 2.75) is 58.2 Å². The number of ether oxygens (including phenoxy) is 1. The van der Waals surface area contributed by atoms with Gasteiger partial charge in [0.2, 0.25) is 0 Å². The van der Waals surface area contributed by atoms with Crippen molar-refractivity contribution in [2.24, 2.45) is 28.6 Å². The van der Waals surface area contributed by atoms with Gasteiger partial charge >= 0.3 is 5.97 Å². The van der Waals surface area contributed by atoms with Crippen LogP contribution >= 0.6 is 0 Å². The highest BCUT2D eigenvalue weighted by atomic mass is 16.5. The van der Waals surface area contributed by atoms with Gasteiger partial charge < -0.3 is 14.9 Å². The minimum absolute atomic E-state index is 0.0582. The number of fused-ring (bicyclic) bond motifs is 5. The molecule has 2 fully saturated rings. The summed E-state index contributed by atoms with van der Waals surface area (Å²) in [5, 5.41) is 20.8. The molecule has 0 radical (unpaired) electrons. The number of hydrogen-bond donors (Lipinski definition) is 2. The van der Waals surface area contributed by atoms with Crippen LogP contribution in [-0.4, -0.2) is 34.5 Å². The van der Waals surface area contributed by atoms with Crippen molar-refractivity contribution >= 4 is 5.97 Å². The van der Waals surface area contributed by atoms with Crippen LogP contribution in [-0.2, 0) is 9.53 Å². The van der Waals surface area contributed by atoms with Gasteiger partial charge in [-0.05, 0) is 61.2 Å². The van der Waals surface area contributed by atoms with Gasteiger partial charge in [-0.2, -0.15) is 0 Å². The second kappa shape index (κ2) is 5.80. The van der Waals surface area contributed by atoms with Gasteiger partial charge in [0.1, 0.15) is 6.10 Å². The van der Waals surface area contributed by atoms with Gasteiger partial charge in [-0.1, -0.05) is 32.1 Å². The van der Waals surface area contributed by atoms with Crippen LogP contribution in [0.3, 0.4) is 0 Å². The third kappa shape index (κ3) is 2.31. The highest BCUT2D eigenvalue weighted by Gasteiger charge is 2.62. The monoisotopic (exact) mass is 358 g/mol. The Balaban J connectivity index is 1.67. The zero-order valence-corrected chi connectivity index (χ0v) is 15.9. The third-order valence-corrected chi connectivity index (χ3v) is 8.08. The average Bonchev–Trinajstić information content (AvgIpc) is 2.87. The number of hydrogen-bond acceptors (Lipinski definition) is 4. The largest absolute Gasteiger partial charge is 0.454 e. The molecule has 0 saturated heterocycles. The molecule has 0 aliphatic heterocycles. The molecule has 0 aromatic heterocycles. The number of carbonyl (C=O) groups excluding carboxylic acids is 1. The van der Waals surface area contributed by atoms with E-state index in [0.717, 1.165) is 19.3 Å². The zero-order valence-electron chi connectivity index (χ0n) is 15.9. The summed E-state index contributed by atoms with van der Waals surface area (Å²) >= 11 is 0. The lowest BCUT2D eigenvalue weighted by atomic mass is 9.49. The molecule has 142 valence electrons. The highest BCUT2D eigenvalue weighted by Crippen LogP contribution is 2.65. The van der Waals surface area contributed by atoms with Crippen LogP contribution in [0.25, 0.3) is 0 Å². The maximum atomic E-state index is 11.3. The number of carbonyl (C=O) groups is 1. The van der Waals surface area contributed by atoms with Crippen LogP contribution in [0.2, 0.25) is 0 Å². The number of allylic oxidation sites excluding steroid dienone is 4. The van der Waals surface area contributed by atoms with E-state index in [1.54, 1.807) is 0 Å². The molecule has 0 amide bonds.